The summed E-state index contributed by atoms with van der Waals surface area (Å²) in [5.74, 6) is 1.05. The van der Waals surface area contributed by atoms with Crippen molar-refractivity contribution in [3.8, 4) is 5.75 Å². The number of hydrogen-bond donors (Lipinski definition) is 1. The van der Waals surface area contributed by atoms with E-state index in [0.29, 0.717) is 0 Å². The second-order valence-electron chi connectivity index (χ2n) is 6.30. The topological polar surface area (TPSA) is 24.5 Å². The van der Waals surface area contributed by atoms with E-state index >= 15 is 0 Å². The Bertz CT molecular complexity index is 427. The summed E-state index contributed by atoms with van der Waals surface area (Å²) >= 11 is 0. The first-order valence-corrected chi connectivity index (χ1v) is 8.63. The van der Waals surface area contributed by atoms with Gasteiger partial charge in [0.2, 0.25) is 0 Å². The van der Waals surface area contributed by atoms with Crippen molar-refractivity contribution >= 4 is 5.69 Å². The molecule has 3 rings (SSSR count). The van der Waals surface area contributed by atoms with E-state index in [2.05, 4.69) is 34.5 Å². The Labute approximate surface area is 128 Å². The summed E-state index contributed by atoms with van der Waals surface area (Å²) in [6.45, 7) is 4.10. The van der Waals surface area contributed by atoms with Gasteiger partial charge in [0.1, 0.15) is 5.75 Å². The normalized spacial score (nSPS) is 20.3. The van der Waals surface area contributed by atoms with Gasteiger partial charge in [-0.2, -0.15) is 0 Å². The highest BCUT2D eigenvalue weighted by Crippen LogP contribution is 2.30. The molecule has 1 N–H and O–H groups in total. The quantitative estimate of drug-likeness (QED) is 0.857. The number of rotatable bonds is 4. The lowest BCUT2D eigenvalue weighted by molar-refractivity contribution is 0.322. The van der Waals surface area contributed by atoms with Gasteiger partial charge >= 0.3 is 0 Å². The van der Waals surface area contributed by atoms with Gasteiger partial charge in [-0.3, -0.25) is 0 Å². The van der Waals surface area contributed by atoms with Crippen LogP contribution >= 0.6 is 0 Å². The molecule has 1 aliphatic carbocycles. The molecule has 3 nitrogen and oxygen atoms in total. The Morgan fingerprint density at radius 2 is 1.86 bits per heavy atom. The molecule has 0 saturated heterocycles. The van der Waals surface area contributed by atoms with Crippen LogP contribution in [0.1, 0.15) is 44.9 Å². The van der Waals surface area contributed by atoms with Crippen molar-refractivity contribution < 1.29 is 4.74 Å². The van der Waals surface area contributed by atoms with Crippen molar-refractivity contribution in [2.45, 2.75) is 51.0 Å². The average molecular weight is 288 g/mol. The van der Waals surface area contributed by atoms with E-state index in [-0.39, 0.29) is 0 Å². The first-order chi connectivity index (χ1) is 10.4. The summed E-state index contributed by atoms with van der Waals surface area (Å²) in [6, 6.07) is 9.19. The van der Waals surface area contributed by atoms with Crippen LogP contribution in [0.15, 0.2) is 24.3 Å². The largest absolute Gasteiger partial charge is 0.491 e. The van der Waals surface area contributed by atoms with Crippen molar-refractivity contribution in [2.24, 2.45) is 0 Å². The zero-order valence-electron chi connectivity index (χ0n) is 13.0. The lowest BCUT2D eigenvalue weighted by Crippen LogP contribution is -2.37. The van der Waals surface area contributed by atoms with Crippen LogP contribution in [0.3, 0.4) is 0 Å². The van der Waals surface area contributed by atoms with Crippen LogP contribution in [0.2, 0.25) is 0 Å². The highest BCUT2D eigenvalue weighted by atomic mass is 16.5. The van der Waals surface area contributed by atoms with Gasteiger partial charge < -0.3 is 15.0 Å². The highest BCUT2D eigenvalue weighted by molar-refractivity contribution is 5.58. The predicted molar refractivity (Wildman–Crippen MR) is 88.3 cm³/mol. The van der Waals surface area contributed by atoms with Crippen molar-refractivity contribution in [3.63, 3.8) is 0 Å². The van der Waals surface area contributed by atoms with E-state index < -0.39 is 0 Å². The SMILES string of the molecule is c1ccc2c(c1)OCCCN2CCNC1CCCCCC1. The lowest BCUT2D eigenvalue weighted by atomic mass is 10.1. The number of para-hydroxylation sites is 2. The first kappa shape index (κ1) is 14.7. The molecule has 1 aromatic carbocycles. The minimum absolute atomic E-state index is 0.742. The van der Waals surface area contributed by atoms with Gasteiger partial charge in [-0.05, 0) is 31.4 Å². The molecule has 1 aromatic rings. The van der Waals surface area contributed by atoms with Crippen LogP contribution < -0.4 is 15.0 Å². The third-order valence-electron chi connectivity index (χ3n) is 4.71. The Kier molecular flexibility index (Phi) is 5.39. The summed E-state index contributed by atoms with van der Waals surface area (Å²) in [5, 5.41) is 3.78. The third-order valence-corrected chi connectivity index (χ3v) is 4.71. The molecule has 0 radical (unpaired) electrons. The van der Waals surface area contributed by atoms with E-state index in [1.165, 1.54) is 44.2 Å². The summed E-state index contributed by atoms with van der Waals surface area (Å²) < 4.78 is 5.83. The average Bonchev–Trinajstić information content (AvgIpc) is 2.89. The molecule has 0 spiro atoms. The molecule has 2 aliphatic rings. The fourth-order valence-corrected chi connectivity index (χ4v) is 3.52. The predicted octanol–water partition coefficient (Wildman–Crippen LogP) is 3.59. The van der Waals surface area contributed by atoms with Gasteiger partial charge in [-0.1, -0.05) is 37.8 Å². The fraction of sp³-hybridized carbons (Fsp3) is 0.667. The van der Waals surface area contributed by atoms with E-state index in [0.717, 1.165) is 44.5 Å². The van der Waals surface area contributed by atoms with E-state index in [4.69, 9.17) is 4.74 Å². The molecule has 21 heavy (non-hydrogen) atoms. The van der Waals surface area contributed by atoms with Crippen LogP contribution in [-0.2, 0) is 0 Å². The van der Waals surface area contributed by atoms with Crippen LogP contribution in [0.4, 0.5) is 5.69 Å². The van der Waals surface area contributed by atoms with Crippen LogP contribution in [0.25, 0.3) is 0 Å². The van der Waals surface area contributed by atoms with Crippen molar-refractivity contribution in [1.82, 2.24) is 5.32 Å². The van der Waals surface area contributed by atoms with Gasteiger partial charge in [-0.15, -0.1) is 0 Å². The van der Waals surface area contributed by atoms with Gasteiger partial charge in [-0.25, -0.2) is 0 Å². The zero-order chi connectivity index (χ0) is 14.3. The summed E-state index contributed by atoms with van der Waals surface area (Å²) in [5.41, 5.74) is 1.26. The number of nitrogens with zero attached hydrogens (tertiary/aromatic N) is 1. The van der Waals surface area contributed by atoms with Crippen molar-refractivity contribution in [1.29, 1.82) is 0 Å². The van der Waals surface area contributed by atoms with Crippen LogP contribution in [0.5, 0.6) is 5.75 Å². The molecule has 1 fully saturated rings. The summed E-state index contributed by atoms with van der Waals surface area (Å²) in [7, 11) is 0. The van der Waals surface area contributed by atoms with Crippen molar-refractivity contribution in [2.75, 3.05) is 31.1 Å². The number of ether oxygens (including phenoxy) is 1. The number of benzene rings is 1. The minimum atomic E-state index is 0.742. The number of nitrogens with one attached hydrogen (secondary N) is 1. The Balaban J connectivity index is 1.52. The first-order valence-electron chi connectivity index (χ1n) is 8.63. The minimum Gasteiger partial charge on any atom is -0.491 e. The van der Waals surface area contributed by atoms with Gasteiger partial charge in [0.05, 0.1) is 12.3 Å². The lowest BCUT2D eigenvalue weighted by Gasteiger charge is -2.25. The fourth-order valence-electron chi connectivity index (χ4n) is 3.52. The second kappa shape index (κ2) is 7.69. The molecule has 0 aromatic heterocycles. The Morgan fingerprint density at radius 1 is 1.05 bits per heavy atom. The molecule has 1 aliphatic heterocycles. The van der Waals surface area contributed by atoms with Gasteiger partial charge in [0.25, 0.3) is 0 Å². The van der Waals surface area contributed by atoms with Crippen LogP contribution in [-0.4, -0.2) is 32.3 Å². The molecule has 0 atom stereocenters. The van der Waals surface area contributed by atoms with E-state index in [1.54, 1.807) is 0 Å². The summed E-state index contributed by atoms with van der Waals surface area (Å²) in [4.78, 5) is 2.48. The number of hydrogen-bond acceptors (Lipinski definition) is 3. The number of anilines is 1. The van der Waals surface area contributed by atoms with Crippen molar-refractivity contribution in [3.05, 3.63) is 24.3 Å². The molecular weight excluding hydrogens is 260 g/mol. The van der Waals surface area contributed by atoms with Crippen LogP contribution in [0, 0.1) is 0 Å². The third kappa shape index (κ3) is 4.13. The van der Waals surface area contributed by atoms with E-state index in [1.807, 2.05) is 0 Å². The molecular formula is C18H28N2O. The molecule has 3 heteroatoms. The standard InChI is InChI=1S/C18H28N2O/c1-2-4-9-16(8-3-1)19-12-14-20-13-7-15-21-18-11-6-5-10-17(18)20/h5-6,10-11,16,19H,1-4,7-9,12-15H2. The second-order valence-corrected chi connectivity index (χ2v) is 6.30. The molecule has 1 heterocycles. The molecule has 1 saturated carbocycles. The zero-order valence-corrected chi connectivity index (χ0v) is 13.0. The smallest absolute Gasteiger partial charge is 0.142 e. The Hall–Kier alpha value is -1.22. The maximum atomic E-state index is 5.83. The highest BCUT2D eigenvalue weighted by Gasteiger charge is 2.16. The summed E-state index contributed by atoms with van der Waals surface area (Å²) in [6.07, 6.45) is 9.48. The van der Waals surface area contributed by atoms with Gasteiger partial charge in [0.15, 0.2) is 0 Å². The maximum Gasteiger partial charge on any atom is 0.142 e. The monoisotopic (exact) mass is 288 g/mol. The molecule has 116 valence electrons. The molecule has 0 bridgehead atoms. The van der Waals surface area contributed by atoms with E-state index in [9.17, 15) is 0 Å². The number of fused-ring (bicyclic) bond motifs is 1. The molecule has 0 unspecified atom stereocenters. The van der Waals surface area contributed by atoms with Gasteiger partial charge in [0, 0.05) is 25.7 Å². The molecule has 0 amide bonds. The maximum absolute atomic E-state index is 5.83. The Morgan fingerprint density at radius 3 is 2.71 bits per heavy atom.